The van der Waals surface area contributed by atoms with Crippen LogP contribution in [-0.4, -0.2) is 32.7 Å². The van der Waals surface area contributed by atoms with E-state index in [4.69, 9.17) is 4.52 Å². The zero-order valence-corrected chi connectivity index (χ0v) is 10.8. The first-order valence-corrected chi connectivity index (χ1v) is 6.05. The Balaban J connectivity index is 2.15. The summed E-state index contributed by atoms with van der Waals surface area (Å²) < 4.78 is 5.29. The minimum absolute atomic E-state index is 0.160. The van der Waals surface area contributed by atoms with Crippen LogP contribution in [0, 0.1) is 0 Å². The molecule has 2 heterocycles. The Hall–Kier alpha value is -1.82. The topological polar surface area (TPSA) is 76.7 Å². The molecule has 0 aliphatic carbocycles. The van der Waals surface area contributed by atoms with Crippen LogP contribution < -0.4 is 5.32 Å². The van der Waals surface area contributed by atoms with Crippen molar-refractivity contribution >= 4 is 0 Å². The molecular formula is C12H17N5O. The Morgan fingerprint density at radius 2 is 2.22 bits per heavy atom. The molecule has 0 saturated heterocycles. The summed E-state index contributed by atoms with van der Waals surface area (Å²) in [4.78, 5) is 12.3. The van der Waals surface area contributed by atoms with Crippen molar-refractivity contribution in [3.63, 3.8) is 0 Å². The maximum Gasteiger partial charge on any atom is 0.231 e. The minimum Gasteiger partial charge on any atom is -0.339 e. The SMILES string of the molecule is CCNC(C)C(C)c1nc(-c2ccncn2)no1. The fraction of sp³-hybridized carbons (Fsp3) is 0.500. The molecule has 6 nitrogen and oxygen atoms in total. The summed E-state index contributed by atoms with van der Waals surface area (Å²) in [6.45, 7) is 7.15. The molecule has 2 aromatic heterocycles. The monoisotopic (exact) mass is 247 g/mol. The van der Waals surface area contributed by atoms with Crippen molar-refractivity contribution in [3.05, 3.63) is 24.5 Å². The van der Waals surface area contributed by atoms with E-state index in [0.29, 0.717) is 17.4 Å². The molecule has 18 heavy (non-hydrogen) atoms. The number of hydrogen-bond donors (Lipinski definition) is 1. The fourth-order valence-corrected chi connectivity index (χ4v) is 1.66. The Morgan fingerprint density at radius 1 is 1.39 bits per heavy atom. The predicted octanol–water partition coefficient (Wildman–Crippen LogP) is 1.63. The number of aromatic nitrogens is 4. The van der Waals surface area contributed by atoms with Crippen LogP contribution in [0.2, 0.25) is 0 Å². The average Bonchev–Trinajstić information content (AvgIpc) is 2.89. The molecule has 6 heteroatoms. The van der Waals surface area contributed by atoms with Gasteiger partial charge in [0.2, 0.25) is 11.7 Å². The van der Waals surface area contributed by atoms with Gasteiger partial charge < -0.3 is 9.84 Å². The molecule has 0 saturated carbocycles. The van der Waals surface area contributed by atoms with Crippen molar-refractivity contribution in [2.75, 3.05) is 6.54 Å². The van der Waals surface area contributed by atoms with Gasteiger partial charge in [0, 0.05) is 12.2 Å². The molecule has 0 aliphatic heterocycles. The van der Waals surface area contributed by atoms with E-state index in [-0.39, 0.29) is 12.0 Å². The van der Waals surface area contributed by atoms with Gasteiger partial charge in [0.25, 0.3) is 0 Å². The summed E-state index contributed by atoms with van der Waals surface area (Å²) >= 11 is 0. The maximum atomic E-state index is 5.29. The molecule has 1 N–H and O–H groups in total. The number of likely N-dealkylation sites (N-methyl/N-ethyl adjacent to an activating group) is 1. The van der Waals surface area contributed by atoms with Crippen molar-refractivity contribution < 1.29 is 4.52 Å². The molecule has 2 rings (SSSR count). The summed E-state index contributed by atoms with van der Waals surface area (Å²) in [5.74, 6) is 1.29. The van der Waals surface area contributed by atoms with E-state index >= 15 is 0 Å². The van der Waals surface area contributed by atoms with Crippen LogP contribution in [0.3, 0.4) is 0 Å². The number of rotatable bonds is 5. The highest BCUT2D eigenvalue weighted by Gasteiger charge is 2.20. The van der Waals surface area contributed by atoms with Crippen LogP contribution in [-0.2, 0) is 0 Å². The third kappa shape index (κ3) is 2.70. The summed E-state index contributed by atoms with van der Waals surface area (Å²) in [7, 11) is 0. The van der Waals surface area contributed by atoms with E-state index in [9.17, 15) is 0 Å². The number of nitrogens with zero attached hydrogens (tertiary/aromatic N) is 4. The Bertz CT molecular complexity index is 484. The van der Waals surface area contributed by atoms with E-state index in [0.717, 1.165) is 6.54 Å². The summed E-state index contributed by atoms with van der Waals surface area (Å²) in [5.41, 5.74) is 0.670. The molecule has 0 amide bonds. The fourth-order valence-electron chi connectivity index (χ4n) is 1.66. The molecular weight excluding hydrogens is 230 g/mol. The second-order valence-corrected chi connectivity index (χ2v) is 4.19. The van der Waals surface area contributed by atoms with E-state index in [2.05, 4.69) is 46.2 Å². The lowest BCUT2D eigenvalue weighted by atomic mass is 10.0. The molecule has 0 spiro atoms. The van der Waals surface area contributed by atoms with Crippen LogP contribution >= 0.6 is 0 Å². The molecule has 0 bridgehead atoms. The summed E-state index contributed by atoms with van der Waals surface area (Å²) in [6, 6.07) is 2.04. The second kappa shape index (κ2) is 5.68. The van der Waals surface area contributed by atoms with Crippen LogP contribution in [0.1, 0.15) is 32.6 Å². The average molecular weight is 247 g/mol. The number of hydrogen-bond acceptors (Lipinski definition) is 6. The largest absolute Gasteiger partial charge is 0.339 e. The lowest BCUT2D eigenvalue weighted by Crippen LogP contribution is -2.30. The van der Waals surface area contributed by atoms with Gasteiger partial charge in [-0.1, -0.05) is 19.0 Å². The molecule has 0 fully saturated rings. The third-order valence-electron chi connectivity index (χ3n) is 2.92. The molecule has 0 aliphatic rings. The highest BCUT2D eigenvalue weighted by atomic mass is 16.5. The van der Waals surface area contributed by atoms with E-state index < -0.39 is 0 Å². The van der Waals surface area contributed by atoms with Crippen molar-refractivity contribution in [1.82, 2.24) is 25.4 Å². The van der Waals surface area contributed by atoms with Gasteiger partial charge in [0.1, 0.15) is 12.0 Å². The minimum atomic E-state index is 0.160. The van der Waals surface area contributed by atoms with Gasteiger partial charge in [-0.2, -0.15) is 4.98 Å². The van der Waals surface area contributed by atoms with Crippen LogP contribution in [0.25, 0.3) is 11.5 Å². The van der Waals surface area contributed by atoms with Crippen molar-refractivity contribution in [2.45, 2.75) is 32.7 Å². The van der Waals surface area contributed by atoms with Gasteiger partial charge in [-0.15, -0.1) is 0 Å². The predicted molar refractivity (Wildman–Crippen MR) is 66.9 cm³/mol. The second-order valence-electron chi connectivity index (χ2n) is 4.19. The smallest absolute Gasteiger partial charge is 0.231 e. The maximum absolute atomic E-state index is 5.29. The van der Waals surface area contributed by atoms with E-state index in [1.54, 1.807) is 12.3 Å². The summed E-state index contributed by atoms with van der Waals surface area (Å²) in [6.07, 6.45) is 3.12. The van der Waals surface area contributed by atoms with Gasteiger partial charge in [-0.3, -0.25) is 0 Å². The van der Waals surface area contributed by atoms with E-state index in [1.165, 1.54) is 6.33 Å². The van der Waals surface area contributed by atoms with Crippen molar-refractivity contribution in [1.29, 1.82) is 0 Å². The van der Waals surface area contributed by atoms with Crippen molar-refractivity contribution in [3.8, 4) is 11.5 Å². The zero-order chi connectivity index (χ0) is 13.0. The van der Waals surface area contributed by atoms with Crippen LogP contribution in [0.15, 0.2) is 23.1 Å². The molecule has 0 aromatic carbocycles. The first kappa shape index (κ1) is 12.6. The molecule has 0 radical (unpaired) electrons. The Labute approximate surface area is 106 Å². The first-order valence-electron chi connectivity index (χ1n) is 6.05. The van der Waals surface area contributed by atoms with Gasteiger partial charge in [-0.25, -0.2) is 9.97 Å². The molecule has 2 unspecified atom stereocenters. The third-order valence-corrected chi connectivity index (χ3v) is 2.92. The van der Waals surface area contributed by atoms with Gasteiger partial charge in [-0.05, 0) is 19.5 Å². The molecule has 96 valence electrons. The highest BCUT2D eigenvalue weighted by Crippen LogP contribution is 2.20. The van der Waals surface area contributed by atoms with Gasteiger partial charge >= 0.3 is 0 Å². The van der Waals surface area contributed by atoms with Crippen LogP contribution in [0.5, 0.6) is 0 Å². The number of nitrogens with one attached hydrogen (secondary N) is 1. The quantitative estimate of drug-likeness (QED) is 0.865. The normalized spacial score (nSPS) is 14.4. The van der Waals surface area contributed by atoms with Gasteiger partial charge in [0.15, 0.2) is 0 Å². The lowest BCUT2D eigenvalue weighted by molar-refractivity contribution is 0.332. The Kier molecular flexibility index (Phi) is 3.99. The Morgan fingerprint density at radius 3 is 2.89 bits per heavy atom. The van der Waals surface area contributed by atoms with Gasteiger partial charge in [0.05, 0.1) is 5.92 Å². The van der Waals surface area contributed by atoms with Crippen LogP contribution in [0.4, 0.5) is 0 Å². The lowest BCUT2D eigenvalue weighted by Gasteiger charge is -2.16. The molecule has 2 atom stereocenters. The highest BCUT2D eigenvalue weighted by molar-refractivity contribution is 5.46. The van der Waals surface area contributed by atoms with E-state index in [1.807, 2.05) is 0 Å². The first-order chi connectivity index (χ1) is 8.72. The standard InChI is InChI=1S/C12H17N5O/c1-4-14-9(3)8(2)12-16-11(17-18-12)10-5-6-13-7-15-10/h5-9,14H,4H2,1-3H3. The summed E-state index contributed by atoms with van der Waals surface area (Å²) in [5, 5.41) is 7.29. The zero-order valence-electron chi connectivity index (χ0n) is 10.8. The van der Waals surface area contributed by atoms with Crippen molar-refractivity contribution in [2.24, 2.45) is 0 Å². The molecule has 2 aromatic rings.